The summed E-state index contributed by atoms with van der Waals surface area (Å²) in [6, 6.07) is 3.68. The Hall–Kier alpha value is -1.55. The van der Waals surface area contributed by atoms with Gasteiger partial charge in [-0.1, -0.05) is 18.2 Å². The fraction of sp³-hybridized carbons (Fsp3) is 0.222. The third kappa shape index (κ3) is 1.78. The molecule has 1 rings (SSSR count). The highest BCUT2D eigenvalue weighted by Gasteiger charge is 2.18. The number of carboxylic acid groups (broad SMARTS) is 1. The number of benzene rings is 1. The number of carboxylic acids is 1. The average Bonchev–Trinajstić information content (AvgIpc) is 2.08. The molecule has 4 heteroatoms. The van der Waals surface area contributed by atoms with Crippen LogP contribution in [0.5, 0.6) is 5.75 Å². The first-order valence-electron chi connectivity index (χ1n) is 3.81. The van der Waals surface area contributed by atoms with Crippen molar-refractivity contribution in [2.75, 3.05) is 0 Å². The van der Waals surface area contributed by atoms with E-state index in [2.05, 4.69) is 0 Å². The summed E-state index contributed by atoms with van der Waals surface area (Å²) < 4.78 is 0. The first-order chi connectivity index (χ1) is 6.04. The van der Waals surface area contributed by atoms with Crippen LogP contribution in [0.25, 0.3) is 0 Å². The highest BCUT2D eigenvalue weighted by atomic mass is 16.4. The van der Waals surface area contributed by atoms with Gasteiger partial charge in [-0.3, -0.25) is 4.79 Å². The average molecular weight is 181 g/mol. The van der Waals surface area contributed by atoms with Gasteiger partial charge >= 0.3 is 5.97 Å². The summed E-state index contributed by atoms with van der Waals surface area (Å²) in [7, 11) is 0. The molecule has 1 atom stereocenters. The fourth-order valence-electron chi connectivity index (χ4n) is 1.07. The van der Waals surface area contributed by atoms with Gasteiger partial charge in [0, 0.05) is 5.56 Å². The Balaban J connectivity index is 3.15. The highest BCUT2D eigenvalue weighted by Crippen LogP contribution is 2.25. The van der Waals surface area contributed by atoms with Crippen molar-refractivity contribution < 1.29 is 15.0 Å². The summed E-state index contributed by atoms with van der Waals surface area (Å²) in [6.45, 7) is 1.69. The molecule has 0 heterocycles. The lowest BCUT2D eigenvalue weighted by atomic mass is 10.0. The Labute approximate surface area is 75.6 Å². The summed E-state index contributed by atoms with van der Waals surface area (Å²) >= 11 is 0. The maximum Gasteiger partial charge on any atom is 0.325 e. The van der Waals surface area contributed by atoms with E-state index >= 15 is 0 Å². The molecule has 0 aliphatic carbocycles. The molecule has 70 valence electrons. The van der Waals surface area contributed by atoms with E-state index in [4.69, 9.17) is 10.8 Å². The molecule has 1 aromatic rings. The van der Waals surface area contributed by atoms with Crippen molar-refractivity contribution in [3.8, 4) is 5.75 Å². The van der Waals surface area contributed by atoms with Crippen LogP contribution < -0.4 is 5.73 Å². The molecule has 0 aromatic heterocycles. The van der Waals surface area contributed by atoms with Gasteiger partial charge in [0.1, 0.15) is 11.8 Å². The van der Waals surface area contributed by atoms with Crippen molar-refractivity contribution in [1.82, 2.24) is 0 Å². The number of phenolic OH excluding ortho intramolecular Hbond substituents is 1. The molecule has 0 bridgehead atoms. The van der Waals surface area contributed by atoms with Crippen molar-refractivity contribution in [1.29, 1.82) is 0 Å². The minimum absolute atomic E-state index is 0.0441. The molecule has 0 unspecified atom stereocenters. The van der Waals surface area contributed by atoms with E-state index in [1.54, 1.807) is 19.1 Å². The van der Waals surface area contributed by atoms with E-state index in [0.717, 1.165) is 0 Å². The zero-order chi connectivity index (χ0) is 10.0. The van der Waals surface area contributed by atoms with Gasteiger partial charge in [0.2, 0.25) is 0 Å². The van der Waals surface area contributed by atoms with Gasteiger partial charge in [0.15, 0.2) is 0 Å². The van der Waals surface area contributed by atoms with Crippen molar-refractivity contribution in [2.24, 2.45) is 5.73 Å². The van der Waals surface area contributed by atoms with Crippen LogP contribution in [-0.4, -0.2) is 16.2 Å². The molecule has 4 N–H and O–H groups in total. The number of aromatic hydroxyl groups is 1. The summed E-state index contributed by atoms with van der Waals surface area (Å²) in [5, 5.41) is 18.1. The fourth-order valence-corrected chi connectivity index (χ4v) is 1.07. The molecular formula is C9H11NO3. The maximum absolute atomic E-state index is 10.5. The van der Waals surface area contributed by atoms with Crippen LogP contribution in [0.1, 0.15) is 17.2 Å². The molecule has 13 heavy (non-hydrogen) atoms. The Morgan fingerprint density at radius 3 is 2.69 bits per heavy atom. The molecule has 0 saturated heterocycles. The molecule has 0 aliphatic rings. The van der Waals surface area contributed by atoms with Gasteiger partial charge in [-0.05, 0) is 12.5 Å². The van der Waals surface area contributed by atoms with Gasteiger partial charge in [0.25, 0.3) is 0 Å². The molecule has 0 spiro atoms. The Morgan fingerprint density at radius 2 is 2.15 bits per heavy atom. The number of rotatable bonds is 2. The van der Waals surface area contributed by atoms with Gasteiger partial charge in [-0.2, -0.15) is 0 Å². The Kier molecular flexibility index (Phi) is 2.53. The molecule has 0 fully saturated rings. The predicted molar refractivity (Wildman–Crippen MR) is 47.4 cm³/mol. The third-order valence-corrected chi connectivity index (χ3v) is 1.87. The number of para-hydroxylation sites is 1. The van der Waals surface area contributed by atoms with E-state index < -0.39 is 12.0 Å². The second-order valence-electron chi connectivity index (χ2n) is 2.83. The van der Waals surface area contributed by atoms with Crippen LogP contribution in [0.4, 0.5) is 0 Å². The van der Waals surface area contributed by atoms with Gasteiger partial charge in [0.05, 0.1) is 0 Å². The molecule has 0 amide bonds. The van der Waals surface area contributed by atoms with E-state index in [1.165, 1.54) is 6.07 Å². The number of hydrogen-bond acceptors (Lipinski definition) is 3. The number of aryl methyl sites for hydroxylation is 1. The van der Waals surface area contributed by atoms with Gasteiger partial charge < -0.3 is 15.9 Å². The lowest BCUT2D eigenvalue weighted by molar-refractivity contribution is -0.138. The van der Waals surface area contributed by atoms with E-state index in [-0.39, 0.29) is 11.3 Å². The predicted octanol–water partition coefficient (Wildman–Crippen LogP) is 0.785. The molecule has 1 aromatic carbocycles. The minimum atomic E-state index is -1.17. The first-order valence-corrected chi connectivity index (χ1v) is 3.81. The molecule has 0 aliphatic heterocycles. The SMILES string of the molecule is Cc1cccc([C@H](N)C(=O)O)c1O. The van der Waals surface area contributed by atoms with Crippen molar-refractivity contribution in [3.05, 3.63) is 29.3 Å². The Bertz CT molecular complexity index is 336. The summed E-state index contributed by atoms with van der Waals surface area (Å²) in [4.78, 5) is 10.5. The topological polar surface area (TPSA) is 83.6 Å². The normalized spacial score (nSPS) is 12.5. The van der Waals surface area contributed by atoms with Crippen molar-refractivity contribution in [3.63, 3.8) is 0 Å². The van der Waals surface area contributed by atoms with Crippen LogP contribution in [0, 0.1) is 6.92 Å². The monoisotopic (exact) mass is 181 g/mol. The number of aliphatic carboxylic acids is 1. The molecular weight excluding hydrogens is 170 g/mol. The number of hydrogen-bond donors (Lipinski definition) is 3. The molecule has 0 radical (unpaired) electrons. The molecule has 0 saturated carbocycles. The van der Waals surface area contributed by atoms with Gasteiger partial charge in [-0.15, -0.1) is 0 Å². The van der Waals surface area contributed by atoms with Crippen molar-refractivity contribution in [2.45, 2.75) is 13.0 Å². The smallest absolute Gasteiger partial charge is 0.325 e. The van der Waals surface area contributed by atoms with Gasteiger partial charge in [-0.25, -0.2) is 0 Å². The Morgan fingerprint density at radius 1 is 1.54 bits per heavy atom. The van der Waals surface area contributed by atoms with Crippen LogP contribution >= 0.6 is 0 Å². The maximum atomic E-state index is 10.5. The largest absolute Gasteiger partial charge is 0.507 e. The van der Waals surface area contributed by atoms with E-state index in [0.29, 0.717) is 5.56 Å². The minimum Gasteiger partial charge on any atom is -0.507 e. The first kappa shape index (κ1) is 9.54. The quantitative estimate of drug-likeness (QED) is 0.629. The second-order valence-corrected chi connectivity index (χ2v) is 2.83. The summed E-state index contributed by atoms with van der Waals surface area (Å²) in [5.41, 5.74) is 6.21. The van der Waals surface area contributed by atoms with Crippen LogP contribution in [0.15, 0.2) is 18.2 Å². The summed E-state index contributed by atoms with van der Waals surface area (Å²) in [6.07, 6.45) is 0. The number of phenols is 1. The lowest BCUT2D eigenvalue weighted by Crippen LogP contribution is -2.20. The van der Waals surface area contributed by atoms with E-state index in [1.807, 2.05) is 0 Å². The van der Waals surface area contributed by atoms with Crippen LogP contribution in [0.3, 0.4) is 0 Å². The number of nitrogens with two attached hydrogens (primary N) is 1. The van der Waals surface area contributed by atoms with Crippen LogP contribution in [-0.2, 0) is 4.79 Å². The highest BCUT2D eigenvalue weighted by molar-refractivity contribution is 5.76. The lowest BCUT2D eigenvalue weighted by Gasteiger charge is -2.10. The zero-order valence-corrected chi connectivity index (χ0v) is 7.19. The second kappa shape index (κ2) is 3.45. The number of carbonyl (C=O) groups is 1. The van der Waals surface area contributed by atoms with Crippen molar-refractivity contribution >= 4 is 5.97 Å². The third-order valence-electron chi connectivity index (χ3n) is 1.87. The molecule has 4 nitrogen and oxygen atoms in total. The summed E-state index contributed by atoms with van der Waals surface area (Å²) in [5.74, 6) is -1.20. The zero-order valence-electron chi connectivity index (χ0n) is 7.19. The van der Waals surface area contributed by atoms with E-state index in [9.17, 15) is 9.90 Å². The van der Waals surface area contributed by atoms with Crippen LogP contribution in [0.2, 0.25) is 0 Å². The standard InChI is InChI=1S/C9H11NO3/c1-5-3-2-4-6(8(5)11)7(10)9(12)13/h2-4,7,11H,10H2,1H3,(H,12,13)/t7-/m0/s1.